The van der Waals surface area contributed by atoms with Gasteiger partial charge in [-0.2, -0.15) is 0 Å². The molecule has 0 fully saturated rings. The maximum Gasteiger partial charge on any atom is 0.167 e. The molecule has 0 aliphatic rings. The summed E-state index contributed by atoms with van der Waals surface area (Å²) in [5.74, 6) is 0. The Morgan fingerprint density at radius 3 is 3.00 bits per heavy atom. The number of rotatable bonds is 3. The van der Waals surface area contributed by atoms with E-state index in [1.165, 1.54) is 0 Å². The lowest BCUT2D eigenvalue weighted by Gasteiger charge is -1.92. The Labute approximate surface area is 76.5 Å². The number of hydrogen-bond acceptors (Lipinski definition) is 3. The minimum Gasteiger partial charge on any atom is -0.356 e. The van der Waals surface area contributed by atoms with Gasteiger partial charge in [0.1, 0.15) is 0 Å². The van der Waals surface area contributed by atoms with Gasteiger partial charge in [-0.05, 0) is 31.5 Å². The van der Waals surface area contributed by atoms with Crippen LogP contribution < -0.4 is 5.73 Å². The summed E-state index contributed by atoms with van der Waals surface area (Å²) in [4.78, 5) is 0. The topological polar surface area (TPSA) is 52.0 Å². The lowest BCUT2D eigenvalue weighted by Crippen LogP contribution is -2.00. The third-order valence-corrected chi connectivity index (χ3v) is 2.07. The fourth-order valence-corrected chi connectivity index (χ4v) is 1.39. The monoisotopic (exact) mass is 176 g/mol. The normalized spacial score (nSPS) is 10.8. The molecule has 3 heteroatoms. The Morgan fingerprint density at radius 2 is 2.15 bits per heavy atom. The van der Waals surface area contributed by atoms with Crippen LogP contribution in [0.2, 0.25) is 0 Å². The molecule has 0 aliphatic carbocycles. The average Bonchev–Trinajstić information content (AvgIpc) is 2.58. The molecule has 0 bridgehead atoms. The van der Waals surface area contributed by atoms with E-state index in [9.17, 15) is 0 Å². The second-order valence-corrected chi connectivity index (χ2v) is 3.02. The molecule has 3 nitrogen and oxygen atoms in total. The Hall–Kier alpha value is -1.35. The summed E-state index contributed by atoms with van der Waals surface area (Å²) in [6.45, 7) is 0.696. The molecule has 1 heterocycles. The molecular formula is C10H12N2O. The number of para-hydroxylation sites is 1. The molecule has 0 unspecified atom stereocenters. The molecule has 2 N–H and O–H groups in total. The second-order valence-electron chi connectivity index (χ2n) is 3.02. The van der Waals surface area contributed by atoms with Gasteiger partial charge in [0.15, 0.2) is 5.58 Å². The van der Waals surface area contributed by atoms with Crippen molar-refractivity contribution in [1.82, 2.24) is 5.16 Å². The van der Waals surface area contributed by atoms with Crippen molar-refractivity contribution >= 4 is 11.0 Å². The van der Waals surface area contributed by atoms with Crippen LogP contribution in [0.1, 0.15) is 12.1 Å². The summed E-state index contributed by atoms with van der Waals surface area (Å²) in [6, 6.07) is 7.89. The first-order valence-electron chi connectivity index (χ1n) is 4.45. The summed E-state index contributed by atoms with van der Waals surface area (Å²) >= 11 is 0. The van der Waals surface area contributed by atoms with Crippen molar-refractivity contribution in [2.45, 2.75) is 12.8 Å². The quantitative estimate of drug-likeness (QED) is 0.774. The minimum absolute atomic E-state index is 0.696. The van der Waals surface area contributed by atoms with Crippen molar-refractivity contribution in [2.75, 3.05) is 6.54 Å². The fourth-order valence-electron chi connectivity index (χ4n) is 1.39. The Bertz CT molecular complexity index is 394. The van der Waals surface area contributed by atoms with Gasteiger partial charge in [0.05, 0.1) is 5.69 Å². The third-order valence-electron chi connectivity index (χ3n) is 2.07. The summed E-state index contributed by atoms with van der Waals surface area (Å²) in [5, 5.41) is 5.11. The second kappa shape index (κ2) is 3.58. The van der Waals surface area contributed by atoms with E-state index in [4.69, 9.17) is 10.3 Å². The van der Waals surface area contributed by atoms with Gasteiger partial charge < -0.3 is 10.3 Å². The zero-order chi connectivity index (χ0) is 9.10. The van der Waals surface area contributed by atoms with Gasteiger partial charge in [-0.1, -0.05) is 17.3 Å². The molecule has 1 aromatic heterocycles. The lowest BCUT2D eigenvalue weighted by molar-refractivity contribution is 0.445. The number of nitrogens with two attached hydrogens (primary N) is 1. The Morgan fingerprint density at radius 1 is 1.31 bits per heavy atom. The number of benzene rings is 1. The predicted molar refractivity (Wildman–Crippen MR) is 51.4 cm³/mol. The molecule has 0 atom stereocenters. The number of hydrogen-bond donors (Lipinski definition) is 1. The molecule has 2 rings (SSSR count). The Balaban J connectivity index is 2.35. The van der Waals surface area contributed by atoms with Crippen LogP contribution in [0.3, 0.4) is 0 Å². The van der Waals surface area contributed by atoms with Gasteiger partial charge in [0.25, 0.3) is 0 Å². The van der Waals surface area contributed by atoms with E-state index in [1.54, 1.807) is 0 Å². The number of aromatic nitrogens is 1. The van der Waals surface area contributed by atoms with Crippen molar-refractivity contribution in [2.24, 2.45) is 5.73 Å². The van der Waals surface area contributed by atoms with Crippen LogP contribution in [0.25, 0.3) is 11.0 Å². The molecule has 0 spiro atoms. The maximum absolute atomic E-state index is 5.43. The summed E-state index contributed by atoms with van der Waals surface area (Å²) in [7, 11) is 0. The van der Waals surface area contributed by atoms with Crippen LogP contribution in [-0.2, 0) is 6.42 Å². The van der Waals surface area contributed by atoms with Gasteiger partial charge >= 0.3 is 0 Å². The zero-order valence-corrected chi connectivity index (χ0v) is 7.36. The Kier molecular flexibility index (Phi) is 2.27. The first-order valence-corrected chi connectivity index (χ1v) is 4.45. The molecule has 0 aliphatic heterocycles. The molecule has 0 amide bonds. The van der Waals surface area contributed by atoms with Crippen LogP contribution in [0, 0.1) is 0 Å². The highest BCUT2D eigenvalue weighted by molar-refractivity contribution is 5.79. The van der Waals surface area contributed by atoms with Crippen molar-refractivity contribution in [1.29, 1.82) is 0 Å². The third kappa shape index (κ3) is 1.55. The maximum atomic E-state index is 5.43. The fraction of sp³-hybridized carbons (Fsp3) is 0.300. The highest BCUT2D eigenvalue weighted by Crippen LogP contribution is 2.18. The molecule has 0 radical (unpaired) electrons. The predicted octanol–water partition coefficient (Wildman–Crippen LogP) is 1.72. The van der Waals surface area contributed by atoms with Crippen LogP contribution in [0.5, 0.6) is 0 Å². The first kappa shape index (κ1) is 8.26. The SMILES string of the molecule is NCCCc1noc2ccccc12. The number of fused-ring (bicyclic) bond motifs is 1. The largest absolute Gasteiger partial charge is 0.356 e. The number of aryl methyl sites for hydroxylation is 1. The number of nitrogens with zero attached hydrogens (tertiary/aromatic N) is 1. The van der Waals surface area contributed by atoms with E-state index >= 15 is 0 Å². The summed E-state index contributed by atoms with van der Waals surface area (Å²) in [6.07, 6.45) is 1.85. The zero-order valence-electron chi connectivity index (χ0n) is 7.36. The van der Waals surface area contributed by atoms with Crippen molar-refractivity contribution < 1.29 is 4.52 Å². The van der Waals surface area contributed by atoms with E-state index in [0.29, 0.717) is 6.54 Å². The van der Waals surface area contributed by atoms with Crippen molar-refractivity contribution in [3.8, 4) is 0 Å². The van der Waals surface area contributed by atoms with Gasteiger partial charge in [-0.3, -0.25) is 0 Å². The van der Waals surface area contributed by atoms with E-state index in [1.807, 2.05) is 24.3 Å². The minimum atomic E-state index is 0.696. The molecule has 0 saturated carbocycles. The molecule has 68 valence electrons. The van der Waals surface area contributed by atoms with E-state index in [0.717, 1.165) is 29.5 Å². The standard InChI is InChI=1S/C10H12N2O/c11-7-3-5-9-8-4-1-2-6-10(8)13-12-9/h1-2,4,6H,3,5,7,11H2. The van der Waals surface area contributed by atoms with Crippen LogP contribution in [0.4, 0.5) is 0 Å². The van der Waals surface area contributed by atoms with Gasteiger partial charge in [-0.25, -0.2) is 0 Å². The van der Waals surface area contributed by atoms with Crippen LogP contribution >= 0.6 is 0 Å². The summed E-state index contributed by atoms with van der Waals surface area (Å²) in [5.41, 5.74) is 7.30. The van der Waals surface area contributed by atoms with Crippen LogP contribution in [0.15, 0.2) is 28.8 Å². The van der Waals surface area contributed by atoms with Crippen molar-refractivity contribution in [3.05, 3.63) is 30.0 Å². The average molecular weight is 176 g/mol. The molecular weight excluding hydrogens is 164 g/mol. The summed E-state index contributed by atoms with van der Waals surface area (Å²) < 4.78 is 5.16. The van der Waals surface area contributed by atoms with E-state index in [-0.39, 0.29) is 0 Å². The highest BCUT2D eigenvalue weighted by atomic mass is 16.5. The molecule has 1 aromatic carbocycles. The van der Waals surface area contributed by atoms with E-state index in [2.05, 4.69) is 5.16 Å². The van der Waals surface area contributed by atoms with Gasteiger partial charge in [0.2, 0.25) is 0 Å². The first-order chi connectivity index (χ1) is 6.42. The lowest BCUT2D eigenvalue weighted by atomic mass is 10.1. The van der Waals surface area contributed by atoms with E-state index < -0.39 is 0 Å². The smallest absolute Gasteiger partial charge is 0.167 e. The molecule has 0 saturated heterocycles. The van der Waals surface area contributed by atoms with Crippen molar-refractivity contribution in [3.63, 3.8) is 0 Å². The molecule has 13 heavy (non-hydrogen) atoms. The van der Waals surface area contributed by atoms with Gasteiger partial charge in [0, 0.05) is 5.39 Å². The molecule has 2 aromatic rings. The van der Waals surface area contributed by atoms with Crippen LogP contribution in [-0.4, -0.2) is 11.7 Å². The highest BCUT2D eigenvalue weighted by Gasteiger charge is 2.05. The van der Waals surface area contributed by atoms with Gasteiger partial charge in [-0.15, -0.1) is 0 Å².